The number of rotatable bonds is 4. The first-order chi connectivity index (χ1) is 10.2. The van der Waals surface area contributed by atoms with Crippen molar-refractivity contribution >= 4 is 21.6 Å². The molecule has 0 fully saturated rings. The Labute approximate surface area is 128 Å². The Morgan fingerprint density at radius 2 is 1.95 bits per heavy atom. The normalized spacial score (nSPS) is 10.6. The number of halogens is 2. The van der Waals surface area contributed by atoms with Crippen LogP contribution in [0.2, 0.25) is 0 Å². The summed E-state index contributed by atoms with van der Waals surface area (Å²) in [5, 5.41) is 14.8. The highest BCUT2D eigenvalue weighted by Crippen LogP contribution is 2.23. The smallest absolute Gasteiger partial charge is 0.175 e. The van der Waals surface area contributed by atoms with Crippen LogP contribution in [0.3, 0.4) is 0 Å². The highest BCUT2D eigenvalue weighted by atomic mass is 79.9. The lowest BCUT2D eigenvalue weighted by atomic mass is 10.3. The van der Waals surface area contributed by atoms with E-state index in [0.717, 1.165) is 10.2 Å². The van der Waals surface area contributed by atoms with Gasteiger partial charge in [-0.2, -0.15) is 4.68 Å². The molecule has 0 bridgehead atoms. The van der Waals surface area contributed by atoms with E-state index >= 15 is 0 Å². The van der Waals surface area contributed by atoms with Gasteiger partial charge in [-0.3, -0.25) is 0 Å². The maximum absolute atomic E-state index is 13.3. The fourth-order valence-corrected chi connectivity index (χ4v) is 2.28. The van der Waals surface area contributed by atoms with Crippen LogP contribution in [0.15, 0.2) is 53.0 Å². The molecule has 21 heavy (non-hydrogen) atoms. The van der Waals surface area contributed by atoms with Crippen molar-refractivity contribution in [1.29, 1.82) is 0 Å². The molecule has 0 radical (unpaired) electrons. The molecule has 0 unspecified atom stereocenters. The number of para-hydroxylation sites is 1. The summed E-state index contributed by atoms with van der Waals surface area (Å²) in [5.41, 5.74) is 1.52. The van der Waals surface area contributed by atoms with E-state index in [1.165, 1.54) is 12.1 Å². The van der Waals surface area contributed by atoms with Crippen LogP contribution in [0.25, 0.3) is 5.69 Å². The SMILES string of the molecule is Fc1ccc(Br)c(NCc2nnnn2-c2ccccc2)c1. The summed E-state index contributed by atoms with van der Waals surface area (Å²) in [4.78, 5) is 0. The van der Waals surface area contributed by atoms with E-state index in [-0.39, 0.29) is 5.82 Å². The summed E-state index contributed by atoms with van der Waals surface area (Å²) < 4.78 is 15.7. The molecular formula is C14H11BrFN5. The summed E-state index contributed by atoms with van der Waals surface area (Å²) in [7, 11) is 0. The molecule has 2 aromatic carbocycles. The molecule has 3 aromatic rings. The molecule has 5 nitrogen and oxygen atoms in total. The molecule has 3 rings (SSSR count). The summed E-state index contributed by atoms with van der Waals surface area (Å²) in [6, 6.07) is 14.0. The second-order valence-electron chi connectivity index (χ2n) is 4.32. The van der Waals surface area contributed by atoms with Gasteiger partial charge in [0.25, 0.3) is 0 Å². The fourth-order valence-electron chi connectivity index (χ4n) is 1.89. The molecule has 0 amide bonds. The van der Waals surface area contributed by atoms with Crippen molar-refractivity contribution in [2.24, 2.45) is 0 Å². The number of hydrogen-bond donors (Lipinski definition) is 1. The van der Waals surface area contributed by atoms with Gasteiger partial charge in [-0.15, -0.1) is 5.10 Å². The highest BCUT2D eigenvalue weighted by Gasteiger charge is 2.09. The van der Waals surface area contributed by atoms with E-state index in [0.29, 0.717) is 18.1 Å². The molecule has 0 spiro atoms. The second kappa shape index (κ2) is 6.01. The fraction of sp³-hybridized carbons (Fsp3) is 0.0714. The van der Waals surface area contributed by atoms with E-state index in [1.807, 2.05) is 30.3 Å². The van der Waals surface area contributed by atoms with E-state index in [1.54, 1.807) is 10.7 Å². The van der Waals surface area contributed by atoms with E-state index in [4.69, 9.17) is 0 Å². The minimum atomic E-state index is -0.302. The van der Waals surface area contributed by atoms with Crippen LogP contribution in [0.4, 0.5) is 10.1 Å². The number of benzene rings is 2. The summed E-state index contributed by atoms with van der Waals surface area (Å²) >= 11 is 3.37. The van der Waals surface area contributed by atoms with Gasteiger partial charge in [0, 0.05) is 4.47 Å². The van der Waals surface area contributed by atoms with Crippen LogP contribution in [-0.2, 0) is 6.54 Å². The van der Waals surface area contributed by atoms with Crippen molar-refractivity contribution in [2.45, 2.75) is 6.54 Å². The molecule has 0 saturated heterocycles. The third-order valence-electron chi connectivity index (χ3n) is 2.90. The average molecular weight is 348 g/mol. The zero-order chi connectivity index (χ0) is 14.7. The Kier molecular flexibility index (Phi) is 3.92. The second-order valence-corrected chi connectivity index (χ2v) is 5.17. The Balaban J connectivity index is 1.81. The van der Waals surface area contributed by atoms with Gasteiger partial charge in [-0.1, -0.05) is 18.2 Å². The lowest BCUT2D eigenvalue weighted by Crippen LogP contribution is -2.09. The molecule has 1 heterocycles. The number of tetrazole rings is 1. The van der Waals surface area contributed by atoms with Crippen molar-refractivity contribution in [3.63, 3.8) is 0 Å². The topological polar surface area (TPSA) is 55.6 Å². The summed E-state index contributed by atoms with van der Waals surface area (Å²) in [6.07, 6.45) is 0. The highest BCUT2D eigenvalue weighted by molar-refractivity contribution is 9.10. The number of anilines is 1. The predicted molar refractivity (Wildman–Crippen MR) is 80.6 cm³/mol. The number of nitrogens with zero attached hydrogens (tertiary/aromatic N) is 4. The van der Waals surface area contributed by atoms with E-state index in [9.17, 15) is 4.39 Å². The molecule has 0 aliphatic carbocycles. The Morgan fingerprint density at radius 3 is 2.76 bits per heavy atom. The van der Waals surface area contributed by atoms with Crippen LogP contribution in [0.5, 0.6) is 0 Å². The maximum Gasteiger partial charge on any atom is 0.175 e. The molecule has 0 aliphatic heterocycles. The van der Waals surface area contributed by atoms with Crippen molar-refractivity contribution in [2.75, 3.05) is 5.32 Å². The third-order valence-corrected chi connectivity index (χ3v) is 3.59. The lowest BCUT2D eigenvalue weighted by Gasteiger charge is -2.09. The van der Waals surface area contributed by atoms with Crippen molar-refractivity contribution < 1.29 is 4.39 Å². The van der Waals surface area contributed by atoms with Crippen LogP contribution < -0.4 is 5.32 Å². The standard InChI is InChI=1S/C14H11BrFN5/c15-12-7-6-10(16)8-13(12)17-9-14-18-19-20-21(14)11-4-2-1-3-5-11/h1-8,17H,9H2. The van der Waals surface area contributed by atoms with Gasteiger partial charge < -0.3 is 5.32 Å². The summed E-state index contributed by atoms with van der Waals surface area (Å²) in [5.74, 6) is 0.334. The van der Waals surface area contributed by atoms with Gasteiger partial charge in [0.1, 0.15) is 5.82 Å². The van der Waals surface area contributed by atoms with Crippen molar-refractivity contribution in [3.8, 4) is 5.69 Å². The maximum atomic E-state index is 13.3. The minimum Gasteiger partial charge on any atom is -0.377 e. The van der Waals surface area contributed by atoms with Crippen LogP contribution in [0, 0.1) is 5.82 Å². The number of aromatic nitrogens is 4. The molecule has 0 saturated carbocycles. The first-order valence-electron chi connectivity index (χ1n) is 6.25. The zero-order valence-electron chi connectivity index (χ0n) is 10.9. The minimum absolute atomic E-state index is 0.302. The van der Waals surface area contributed by atoms with Crippen LogP contribution in [0.1, 0.15) is 5.82 Å². The van der Waals surface area contributed by atoms with Crippen molar-refractivity contribution in [1.82, 2.24) is 20.2 Å². The Morgan fingerprint density at radius 1 is 1.14 bits per heavy atom. The number of hydrogen-bond acceptors (Lipinski definition) is 4. The molecule has 1 aromatic heterocycles. The number of nitrogens with one attached hydrogen (secondary N) is 1. The Bertz CT molecular complexity index is 744. The summed E-state index contributed by atoms with van der Waals surface area (Å²) in [6.45, 7) is 0.379. The predicted octanol–water partition coefficient (Wildman–Crippen LogP) is 3.18. The van der Waals surface area contributed by atoms with Gasteiger partial charge in [0.15, 0.2) is 5.82 Å². The third kappa shape index (κ3) is 3.08. The van der Waals surface area contributed by atoms with Gasteiger partial charge in [0.2, 0.25) is 0 Å². The Hall–Kier alpha value is -2.28. The molecular weight excluding hydrogens is 337 g/mol. The van der Waals surface area contributed by atoms with Crippen molar-refractivity contribution in [3.05, 3.63) is 64.6 Å². The molecule has 0 atom stereocenters. The van der Waals surface area contributed by atoms with Gasteiger partial charge in [0.05, 0.1) is 17.9 Å². The van der Waals surface area contributed by atoms with E-state index < -0.39 is 0 Å². The largest absolute Gasteiger partial charge is 0.377 e. The zero-order valence-corrected chi connectivity index (χ0v) is 12.5. The lowest BCUT2D eigenvalue weighted by molar-refractivity contribution is 0.628. The first-order valence-corrected chi connectivity index (χ1v) is 7.05. The first kappa shape index (κ1) is 13.7. The van der Waals surface area contributed by atoms with Crippen LogP contribution in [-0.4, -0.2) is 20.2 Å². The molecule has 106 valence electrons. The van der Waals surface area contributed by atoms with Gasteiger partial charge >= 0.3 is 0 Å². The molecule has 7 heteroatoms. The molecule has 1 N–H and O–H groups in total. The quantitative estimate of drug-likeness (QED) is 0.787. The van der Waals surface area contributed by atoms with Gasteiger partial charge in [-0.25, -0.2) is 4.39 Å². The van der Waals surface area contributed by atoms with Gasteiger partial charge in [-0.05, 0) is 56.7 Å². The molecule has 0 aliphatic rings. The van der Waals surface area contributed by atoms with Crippen LogP contribution >= 0.6 is 15.9 Å². The average Bonchev–Trinajstić information content (AvgIpc) is 2.97. The monoisotopic (exact) mass is 347 g/mol. The van der Waals surface area contributed by atoms with E-state index in [2.05, 4.69) is 36.8 Å².